The molecule has 0 unspecified atom stereocenters. The van der Waals surface area contributed by atoms with Gasteiger partial charge >= 0.3 is 12.2 Å². The predicted octanol–water partition coefficient (Wildman–Crippen LogP) is 4.27. The maximum Gasteiger partial charge on any atom is 0.416 e. The summed E-state index contributed by atoms with van der Waals surface area (Å²) in [4.78, 5) is 24.0. The first-order chi connectivity index (χ1) is 14.2. The van der Waals surface area contributed by atoms with Gasteiger partial charge in [0.1, 0.15) is 10.8 Å². The Kier molecular flexibility index (Phi) is 6.26. The largest absolute Gasteiger partial charge is 0.416 e. The third-order valence-electron chi connectivity index (χ3n) is 3.61. The zero-order valence-electron chi connectivity index (χ0n) is 15.0. The number of urea groups is 1. The van der Waals surface area contributed by atoms with Crippen molar-refractivity contribution in [2.75, 3.05) is 10.6 Å². The zero-order valence-corrected chi connectivity index (χ0v) is 15.8. The van der Waals surface area contributed by atoms with Crippen molar-refractivity contribution in [1.82, 2.24) is 15.5 Å². The molecule has 0 saturated carbocycles. The molecular formula is C18H13F4N5O2S. The second-order valence-corrected chi connectivity index (χ2v) is 6.91. The summed E-state index contributed by atoms with van der Waals surface area (Å²) >= 11 is 0.918. The van der Waals surface area contributed by atoms with Gasteiger partial charge in [0.25, 0.3) is 5.91 Å². The lowest BCUT2D eigenvalue weighted by Gasteiger charge is -2.10. The van der Waals surface area contributed by atoms with Crippen LogP contribution in [0, 0.1) is 5.82 Å². The fourth-order valence-corrected chi connectivity index (χ4v) is 2.91. The number of amides is 3. The molecule has 12 heteroatoms. The summed E-state index contributed by atoms with van der Waals surface area (Å²) in [6.45, 7) is -0.0910. The molecule has 3 aromatic rings. The molecule has 0 spiro atoms. The van der Waals surface area contributed by atoms with E-state index in [-0.39, 0.29) is 17.2 Å². The van der Waals surface area contributed by atoms with Crippen molar-refractivity contribution in [3.63, 3.8) is 0 Å². The quantitative estimate of drug-likeness (QED) is 0.518. The zero-order chi connectivity index (χ0) is 21.7. The van der Waals surface area contributed by atoms with Gasteiger partial charge in [0.15, 0.2) is 0 Å². The molecule has 0 fully saturated rings. The second-order valence-electron chi connectivity index (χ2n) is 5.85. The molecule has 3 rings (SSSR count). The topological polar surface area (TPSA) is 96.0 Å². The van der Waals surface area contributed by atoms with E-state index in [0.717, 1.165) is 23.5 Å². The van der Waals surface area contributed by atoms with Crippen LogP contribution in [0.25, 0.3) is 0 Å². The number of anilines is 2. The van der Waals surface area contributed by atoms with Gasteiger partial charge in [-0.25, -0.2) is 9.18 Å². The number of hydrogen-bond donors (Lipinski definition) is 3. The Morgan fingerprint density at radius 3 is 2.40 bits per heavy atom. The van der Waals surface area contributed by atoms with Gasteiger partial charge in [0.2, 0.25) is 5.01 Å². The highest BCUT2D eigenvalue weighted by molar-refractivity contribution is 7.13. The monoisotopic (exact) mass is 439 g/mol. The molecule has 0 radical (unpaired) electrons. The van der Waals surface area contributed by atoms with Crippen LogP contribution in [-0.4, -0.2) is 22.1 Å². The average molecular weight is 439 g/mol. The molecule has 0 aliphatic carbocycles. The van der Waals surface area contributed by atoms with E-state index in [0.29, 0.717) is 10.7 Å². The van der Waals surface area contributed by atoms with E-state index in [9.17, 15) is 27.2 Å². The summed E-state index contributed by atoms with van der Waals surface area (Å²) in [5.41, 5.74) is -0.545. The van der Waals surface area contributed by atoms with Gasteiger partial charge in [-0.15, -0.1) is 10.2 Å². The van der Waals surface area contributed by atoms with E-state index in [1.807, 2.05) is 0 Å². The maximum atomic E-state index is 12.9. The Morgan fingerprint density at radius 1 is 0.967 bits per heavy atom. The highest BCUT2D eigenvalue weighted by Crippen LogP contribution is 2.30. The van der Waals surface area contributed by atoms with Gasteiger partial charge in [0.05, 0.1) is 12.1 Å². The molecule has 1 aromatic heterocycles. The fourth-order valence-electron chi connectivity index (χ4n) is 2.24. The number of benzene rings is 2. The SMILES string of the molecule is O=C(NCc1nnc(C(=O)Nc2ccc(F)cc2)s1)Nc1cccc(C(F)(F)F)c1. The summed E-state index contributed by atoms with van der Waals surface area (Å²) in [6.07, 6.45) is -4.52. The van der Waals surface area contributed by atoms with Crippen LogP contribution in [0.4, 0.5) is 33.7 Å². The third-order valence-corrected chi connectivity index (χ3v) is 4.53. The van der Waals surface area contributed by atoms with Gasteiger partial charge < -0.3 is 16.0 Å². The Balaban J connectivity index is 1.53. The van der Waals surface area contributed by atoms with Gasteiger partial charge in [-0.2, -0.15) is 13.2 Å². The Labute approximate surface area is 171 Å². The van der Waals surface area contributed by atoms with Gasteiger partial charge in [-0.05, 0) is 42.5 Å². The summed E-state index contributed by atoms with van der Waals surface area (Å²) in [5, 5.41) is 15.0. The van der Waals surface area contributed by atoms with Crippen molar-refractivity contribution in [3.8, 4) is 0 Å². The molecule has 7 nitrogen and oxygen atoms in total. The molecule has 0 atom stereocenters. The number of rotatable bonds is 5. The van der Waals surface area contributed by atoms with Crippen molar-refractivity contribution >= 4 is 34.6 Å². The van der Waals surface area contributed by atoms with Gasteiger partial charge in [-0.3, -0.25) is 4.79 Å². The Morgan fingerprint density at radius 2 is 1.70 bits per heavy atom. The molecule has 0 bridgehead atoms. The minimum absolute atomic E-state index is 0.0226. The number of alkyl halides is 3. The normalized spacial score (nSPS) is 11.1. The number of aromatic nitrogens is 2. The number of nitrogens with zero attached hydrogens (tertiary/aromatic N) is 2. The average Bonchev–Trinajstić information content (AvgIpc) is 3.17. The summed E-state index contributed by atoms with van der Waals surface area (Å²) in [5.74, 6) is -1.00. The molecular weight excluding hydrogens is 426 g/mol. The minimum atomic E-state index is -4.52. The van der Waals surface area contributed by atoms with E-state index >= 15 is 0 Å². The predicted molar refractivity (Wildman–Crippen MR) is 102 cm³/mol. The Bertz CT molecular complexity index is 1050. The van der Waals surface area contributed by atoms with Crippen LogP contribution in [0.2, 0.25) is 0 Å². The van der Waals surface area contributed by atoms with E-state index in [4.69, 9.17) is 0 Å². The molecule has 30 heavy (non-hydrogen) atoms. The molecule has 3 N–H and O–H groups in total. The van der Waals surface area contributed by atoms with Crippen LogP contribution in [-0.2, 0) is 12.7 Å². The summed E-state index contributed by atoms with van der Waals surface area (Å²) in [7, 11) is 0. The standard InChI is InChI=1S/C18H13F4N5O2S/c19-11-4-6-12(7-5-11)24-15(28)16-27-26-14(30-16)9-23-17(29)25-13-3-1-2-10(8-13)18(20,21)22/h1-8H,9H2,(H,24,28)(H2,23,25,29). The molecule has 0 aliphatic rings. The van der Waals surface area contributed by atoms with Crippen LogP contribution in [0.3, 0.4) is 0 Å². The van der Waals surface area contributed by atoms with Crippen LogP contribution in [0.15, 0.2) is 48.5 Å². The lowest BCUT2D eigenvalue weighted by molar-refractivity contribution is -0.137. The van der Waals surface area contributed by atoms with Crippen molar-refractivity contribution in [1.29, 1.82) is 0 Å². The van der Waals surface area contributed by atoms with Crippen LogP contribution >= 0.6 is 11.3 Å². The molecule has 1 heterocycles. The molecule has 0 aliphatic heterocycles. The number of nitrogens with one attached hydrogen (secondary N) is 3. The molecule has 0 saturated heterocycles. The summed E-state index contributed by atoms with van der Waals surface area (Å²) in [6, 6.07) is 8.59. The minimum Gasteiger partial charge on any atom is -0.331 e. The van der Waals surface area contributed by atoms with Crippen molar-refractivity contribution < 1.29 is 27.2 Å². The van der Waals surface area contributed by atoms with Crippen molar-refractivity contribution in [2.24, 2.45) is 0 Å². The fraction of sp³-hybridized carbons (Fsp3) is 0.111. The van der Waals surface area contributed by atoms with E-state index in [1.54, 1.807) is 0 Å². The summed E-state index contributed by atoms with van der Waals surface area (Å²) < 4.78 is 51.0. The molecule has 3 amide bonds. The van der Waals surface area contributed by atoms with Gasteiger partial charge in [0, 0.05) is 11.4 Å². The van der Waals surface area contributed by atoms with E-state index in [2.05, 4.69) is 26.1 Å². The number of hydrogen-bond acceptors (Lipinski definition) is 5. The molecule has 156 valence electrons. The van der Waals surface area contributed by atoms with E-state index in [1.165, 1.54) is 36.4 Å². The van der Waals surface area contributed by atoms with Crippen molar-refractivity contribution in [3.05, 3.63) is 69.9 Å². The highest BCUT2D eigenvalue weighted by atomic mass is 32.1. The smallest absolute Gasteiger partial charge is 0.331 e. The number of halogens is 4. The van der Waals surface area contributed by atoms with Crippen LogP contribution in [0.1, 0.15) is 20.4 Å². The van der Waals surface area contributed by atoms with Gasteiger partial charge in [-0.1, -0.05) is 17.4 Å². The number of carbonyl (C=O) groups is 2. The lowest BCUT2D eigenvalue weighted by Crippen LogP contribution is -2.28. The highest BCUT2D eigenvalue weighted by Gasteiger charge is 2.30. The maximum absolute atomic E-state index is 12.9. The third kappa shape index (κ3) is 5.73. The molecule has 2 aromatic carbocycles. The lowest BCUT2D eigenvalue weighted by atomic mass is 10.2. The van der Waals surface area contributed by atoms with E-state index < -0.39 is 29.5 Å². The first-order valence-electron chi connectivity index (χ1n) is 8.32. The number of carbonyl (C=O) groups excluding carboxylic acids is 2. The first kappa shape index (κ1) is 21.2. The van der Waals surface area contributed by atoms with Crippen LogP contribution in [0.5, 0.6) is 0 Å². The second kappa shape index (κ2) is 8.86. The Hall–Kier alpha value is -3.54. The van der Waals surface area contributed by atoms with Crippen LogP contribution < -0.4 is 16.0 Å². The van der Waals surface area contributed by atoms with Crippen molar-refractivity contribution in [2.45, 2.75) is 12.7 Å². The first-order valence-corrected chi connectivity index (χ1v) is 9.14.